The summed E-state index contributed by atoms with van der Waals surface area (Å²) < 4.78 is 18.1. The van der Waals surface area contributed by atoms with Crippen LogP contribution in [0.5, 0.6) is 5.75 Å². The molecule has 4 nitrogen and oxygen atoms in total. The highest BCUT2D eigenvalue weighted by molar-refractivity contribution is 5.75. The van der Waals surface area contributed by atoms with Crippen LogP contribution in [0.1, 0.15) is 36.8 Å². The SMILES string of the molecule is COc1ccc(/C=C/CN2CCC(CCC(=O)NCc3ccc(F)cc3)CC2)cc1. The first-order valence-corrected chi connectivity index (χ1v) is 10.7. The van der Waals surface area contributed by atoms with E-state index in [2.05, 4.69) is 34.5 Å². The van der Waals surface area contributed by atoms with E-state index in [1.54, 1.807) is 19.2 Å². The molecule has 2 aromatic rings. The minimum atomic E-state index is -0.257. The fourth-order valence-corrected chi connectivity index (χ4v) is 3.74. The van der Waals surface area contributed by atoms with Gasteiger partial charge in [0.2, 0.25) is 5.91 Å². The first kappa shape index (κ1) is 22.0. The van der Waals surface area contributed by atoms with Crippen molar-refractivity contribution in [3.63, 3.8) is 0 Å². The highest BCUT2D eigenvalue weighted by atomic mass is 19.1. The zero-order valence-corrected chi connectivity index (χ0v) is 17.6. The van der Waals surface area contributed by atoms with Crippen LogP contribution < -0.4 is 10.1 Å². The maximum atomic E-state index is 12.9. The molecule has 0 atom stereocenters. The van der Waals surface area contributed by atoms with Gasteiger partial charge in [-0.1, -0.05) is 36.4 Å². The van der Waals surface area contributed by atoms with Crippen molar-refractivity contribution in [2.45, 2.75) is 32.2 Å². The molecule has 1 aliphatic rings. The van der Waals surface area contributed by atoms with Crippen molar-refractivity contribution in [2.24, 2.45) is 5.92 Å². The normalized spacial score (nSPS) is 15.4. The highest BCUT2D eigenvalue weighted by Crippen LogP contribution is 2.22. The number of nitrogens with one attached hydrogen (secondary N) is 1. The Kier molecular flexibility index (Phi) is 8.45. The summed E-state index contributed by atoms with van der Waals surface area (Å²) >= 11 is 0. The molecule has 0 aromatic heterocycles. The Balaban J connectivity index is 1.29. The molecule has 5 heteroatoms. The van der Waals surface area contributed by atoms with Crippen LogP contribution in [-0.2, 0) is 11.3 Å². The number of benzene rings is 2. The van der Waals surface area contributed by atoms with E-state index in [4.69, 9.17) is 4.74 Å². The van der Waals surface area contributed by atoms with E-state index in [0.717, 1.165) is 50.2 Å². The fraction of sp³-hybridized carbons (Fsp3) is 0.400. The van der Waals surface area contributed by atoms with Crippen molar-refractivity contribution in [2.75, 3.05) is 26.7 Å². The molecule has 1 heterocycles. The van der Waals surface area contributed by atoms with E-state index in [9.17, 15) is 9.18 Å². The van der Waals surface area contributed by atoms with Gasteiger partial charge in [0.25, 0.3) is 0 Å². The first-order chi connectivity index (χ1) is 14.6. The lowest BCUT2D eigenvalue weighted by molar-refractivity contribution is -0.121. The van der Waals surface area contributed by atoms with E-state index in [-0.39, 0.29) is 11.7 Å². The van der Waals surface area contributed by atoms with Crippen molar-refractivity contribution >= 4 is 12.0 Å². The zero-order chi connectivity index (χ0) is 21.2. The van der Waals surface area contributed by atoms with Gasteiger partial charge in [-0.25, -0.2) is 4.39 Å². The molecule has 0 saturated carbocycles. The second-order valence-electron chi connectivity index (χ2n) is 7.86. The molecule has 1 fully saturated rings. The largest absolute Gasteiger partial charge is 0.497 e. The van der Waals surface area contributed by atoms with Gasteiger partial charge in [-0.3, -0.25) is 9.69 Å². The van der Waals surface area contributed by atoms with Gasteiger partial charge < -0.3 is 10.1 Å². The van der Waals surface area contributed by atoms with Crippen molar-refractivity contribution < 1.29 is 13.9 Å². The number of amides is 1. The zero-order valence-electron chi connectivity index (χ0n) is 17.6. The number of methoxy groups -OCH3 is 1. The van der Waals surface area contributed by atoms with E-state index in [0.29, 0.717) is 18.9 Å². The Bertz CT molecular complexity index is 810. The first-order valence-electron chi connectivity index (χ1n) is 10.7. The molecule has 1 N–H and O–H groups in total. The Morgan fingerprint density at radius 2 is 1.83 bits per heavy atom. The topological polar surface area (TPSA) is 41.6 Å². The number of likely N-dealkylation sites (tertiary alicyclic amines) is 1. The number of hydrogen-bond acceptors (Lipinski definition) is 3. The fourth-order valence-electron chi connectivity index (χ4n) is 3.74. The summed E-state index contributed by atoms with van der Waals surface area (Å²) in [4.78, 5) is 14.6. The number of ether oxygens (including phenoxy) is 1. The van der Waals surface area contributed by atoms with Gasteiger partial charge in [-0.2, -0.15) is 0 Å². The summed E-state index contributed by atoms with van der Waals surface area (Å²) in [7, 11) is 1.68. The van der Waals surface area contributed by atoms with Gasteiger partial charge in [0, 0.05) is 19.5 Å². The molecule has 0 bridgehead atoms. The quantitative estimate of drug-likeness (QED) is 0.654. The molecule has 30 heavy (non-hydrogen) atoms. The van der Waals surface area contributed by atoms with Crippen LogP contribution in [0, 0.1) is 11.7 Å². The predicted molar refractivity (Wildman–Crippen MR) is 119 cm³/mol. The summed E-state index contributed by atoms with van der Waals surface area (Å²) in [6, 6.07) is 14.3. The molecule has 0 unspecified atom stereocenters. The average Bonchev–Trinajstić information content (AvgIpc) is 2.78. The molecule has 0 aliphatic carbocycles. The van der Waals surface area contributed by atoms with Gasteiger partial charge in [0.05, 0.1) is 7.11 Å². The number of rotatable bonds is 9. The Morgan fingerprint density at radius 1 is 1.13 bits per heavy atom. The molecule has 2 aromatic carbocycles. The lowest BCUT2D eigenvalue weighted by atomic mass is 9.92. The molecular formula is C25H31FN2O2. The monoisotopic (exact) mass is 410 g/mol. The Morgan fingerprint density at radius 3 is 2.50 bits per heavy atom. The lowest BCUT2D eigenvalue weighted by Gasteiger charge is -2.31. The third-order valence-electron chi connectivity index (χ3n) is 5.68. The molecule has 160 valence electrons. The van der Waals surface area contributed by atoms with Crippen LogP contribution in [0.25, 0.3) is 6.08 Å². The minimum absolute atomic E-state index is 0.0733. The van der Waals surface area contributed by atoms with Crippen LogP contribution in [-0.4, -0.2) is 37.6 Å². The third kappa shape index (κ3) is 7.30. The summed E-state index contributed by atoms with van der Waals surface area (Å²) in [6.45, 7) is 3.57. The van der Waals surface area contributed by atoms with Crippen molar-refractivity contribution in [3.8, 4) is 5.75 Å². The molecule has 0 radical (unpaired) electrons. The van der Waals surface area contributed by atoms with E-state index >= 15 is 0 Å². The lowest BCUT2D eigenvalue weighted by Crippen LogP contribution is -2.34. The van der Waals surface area contributed by atoms with E-state index in [1.165, 1.54) is 17.7 Å². The van der Waals surface area contributed by atoms with E-state index < -0.39 is 0 Å². The van der Waals surface area contributed by atoms with Crippen LogP contribution in [0.15, 0.2) is 54.6 Å². The number of halogens is 1. The smallest absolute Gasteiger partial charge is 0.220 e. The number of nitrogens with zero attached hydrogens (tertiary/aromatic N) is 1. The average molecular weight is 411 g/mol. The standard InChI is InChI=1S/C25H31FN2O2/c1-30-24-11-6-20(7-12-24)3-2-16-28-17-14-21(15-18-28)8-13-25(29)27-19-22-4-9-23(26)10-5-22/h2-7,9-12,21H,8,13-19H2,1H3,(H,27,29)/b3-2+. The summed E-state index contributed by atoms with van der Waals surface area (Å²) in [6.07, 6.45) is 8.14. The predicted octanol–water partition coefficient (Wildman–Crippen LogP) is 4.66. The molecular weight excluding hydrogens is 379 g/mol. The van der Waals surface area contributed by atoms with Gasteiger partial charge >= 0.3 is 0 Å². The van der Waals surface area contributed by atoms with Crippen LogP contribution in [0.3, 0.4) is 0 Å². The molecule has 0 spiro atoms. The highest BCUT2D eigenvalue weighted by Gasteiger charge is 2.19. The van der Waals surface area contributed by atoms with Crippen molar-refractivity contribution in [3.05, 3.63) is 71.6 Å². The number of piperidine rings is 1. The van der Waals surface area contributed by atoms with Crippen LogP contribution >= 0.6 is 0 Å². The molecule has 3 rings (SSSR count). The van der Waals surface area contributed by atoms with Gasteiger partial charge in [-0.05, 0) is 73.7 Å². The Hall–Kier alpha value is -2.66. The van der Waals surface area contributed by atoms with Gasteiger partial charge in [-0.15, -0.1) is 0 Å². The van der Waals surface area contributed by atoms with Crippen molar-refractivity contribution in [1.82, 2.24) is 10.2 Å². The number of carbonyl (C=O) groups is 1. The molecule has 1 saturated heterocycles. The molecule has 1 aliphatic heterocycles. The summed E-state index contributed by atoms with van der Waals surface area (Å²) in [5.74, 6) is 1.30. The van der Waals surface area contributed by atoms with Crippen LogP contribution in [0.2, 0.25) is 0 Å². The number of hydrogen-bond donors (Lipinski definition) is 1. The maximum absolute atomic E-state index is 12.9. The molecule has 1 amide bonds. The summed E-state index contributed by atoms with van der Waals surface area (Å²) in [5.41, 5.74) is 2.10. The second kappa shape index (κ2) is 11.5. The van der Waals surface area contributed by atoms with E-state index in [1.807, 2.05) is 12.1 Å². The minimum Gasteiger partial charge on any atom is -0.497 e. The maximum Gasteiger partial charge on any atom is 0.220 e. The van der Waals surface area contributed by atoms with Gasteiger partial charge in [0.1, 0.15) is 11.6 Å². The third-order valence-corrected chi connectivity index (χ3v) is 5.68. The van der Waals surface area contributed by atoms with Gasteiger partial charge in [0.15, 0.2) is 0 Å². The number of carbonyl (C=O) groups excluding carboxylic acids is 1. The second-order valence-corrected chi connectivity index (χ2v) is 7.86. The van der Waals surface area contributed by atoms with Crippen LogP contribution in [0.4, 0.5) is 4.39 Å². The summed E-state index contributed by atoms with van der Waals surface area (Å²) in [5, 5.41) is 2.93. The Labute approximate surface area is 178 Å². The van der Waals surface area contributed by atoms with Crippen molar-refractivity contribution in [1.29, 1.82) is 0 Å².